The Morgan fingerprint density at radius 1 is 0.931 bits per heavy atom. The largest absolute Gasteiger partial charge is 0.462 e. The number of hydrogen-bond donors (Lipinski definition) is 1. The Morgan fingerprint density at radius 2 is 1.55 bits per heavy atom. The standard InChI is InChI=1S/C20H19FN2O6/c1-4-27-18(24)11-9-14(20(26)29-6-3)23-17-12(21)7-10-8-13(19(25)28-5-2)22-16(10)15(11)17/h7-9,22H,4-6H2,1-3H3. The number of hydrogen-bond acceptors (Lipinski definition) is 7. The quantitative estimate of drug-likeness (QED) is 0.497. The summed E-state index contributed by atoms with van der Waals surface area (Å²) in [5.41, 5.74) is -0.115. The third kappa shape index (κ3) is 3.75. The van der Waals surface area contributed by atoms with E-state index in [1.165, 1.54) is 12.1 Å². The molecule has 0 amide bonds. The highest BCUT2D eigenvalue weighted by Gasteiger charge is 2.24. The Labute approximate surface area is 164 Å². The van der Waals surface area contributed by atoms with Gasteiger partial charge in [0.25, 0.3) is 0 Å². The number of carbonyl (C=O) groups is 3. The van der Waals surface area contributed by atoms with Crippen LogP contribution in [-0.2, 0) is 14.2 Å². The van der Waals surface area contributed by atoms with Crippen molar-refractivity contribution in [2.75, 3.05) is 19.8 Å². The lowest BCUT2D eigenvalue weighted by atomic mass is 10.0. The molecule has 0 radical (unpaired) electrons. The summed E-state index contributed by atoms with van der Waals surface area (Å²) in [6, 6.07) is 3.78. The van der Waals surface area contributed by atoms with Crippen LogP contribution < -0.4 is 0 Å². The Bertz CT molecular complexity index is 1120. The van der Waals surface area contributed by atoms with Crippen LogP contribution in [0.25, 0.3) is 21.8 Å². The molecule has 3 rings (SSSR count). The zero-order valence-corrected chi connectivity index (χ0v) is 16.1. The van der Waals surface area contributed by atoms with Gasteiger partial charge in [-0.15, -0.1) is 0 Å². The van der Waals surface area contributed by atoms with Gasteiger partial charge in [0.1, 0.15) is 22.7 Å². The highest BCUT2D eigenvalue weighted by Crippen LogP contribution is 2.31. The molecule has 0 aliphatic heterocycles. The second kappa shape index (κ2) is 8.26. The van der Waals surface area contributed by atoms with Crippen LogP contribution in [0.2, 0.25) is 0 Å². The normalized spacial score (nSPS) is 10.9. The van der Waals surface area contributed by atoms with Crippen LogP contribution in [0.4, 0.5) is 4.39 Å². The van der Waals surface area contributed by atoms with Crippen LogP contribution in [0.15, 0.2) is 18.2 Å². The number of pyridine rings is 1. The molecule has 0 fully saturated rings. The molecule has 0 saturated heterocycles. The van der Waals surface area contributed by atoms with E-state index in [4.69, 9.17) is 14.2 Å². The number of rotatable bonds is 6. The molecular weight excluding hydrogens is 383 g/mol. The van der Waals surface area contributed by atoms with Gasteiger partial charge in [0.15, 0.2) is 0 Å². The van der Waals surface area contributed by atoms with Crippen LogP contribution in [-0.4, -0.2) is 47.7 Å². The maximum Gasteiger partial charge on any atom is 0.356 e. The number of H-pyrrole nitrogens is 1. The van der Waals surface area contributed by atoms with E-state index in [0.29, 0.717) is 10.9 Å². The molecule has 3 aromatic rings. The maximum atomic E-state index is 14.8. The Hall–Kier alpha value is -3.49. The van der Waals surface area contributed by atoms with Crippen LogP contribution in [0.5, 0.6) is 0 Å². The van der Waals surface area contributed by atoms with Gasteiger partial charge in [-0.05, 0) is 39.0 Å². The number of nitrogens with zero attached hydrogens (tertiary/aromatic N) is 1. The molecule has 152 valence electrons. The third-order valence-corrected chi connectivity index (χ3v) is 4.10. The fourth-order valence-corrected chi connectivity index (χ4v) is 2.97. The van der Waals surface area contributed by atoms with Crippen molar-refractivity contribution in [2.24, 2.45) is 0 Å². The topological polar surface area (TPSA) is 108 Å². The lowest BCUT2D eigenvalue weighted by Crippen LogP contribution is -2.12. The van der Waals surface area contributed by atoms with E-state index < -0.39 is 23.7 Å². The first-order valence-electron chi connectivity index (χ1n) is 9.08. The molecule has 0 aliphatic rings. The predicted octanol–water partition coefficient (Wildman–Crippen LogP) is 3.39. The van der Waals surface area contributed by atoms with Crippen molar-refractivity contribution in [1.29, 1.82) is 0 Å². The summed E-state index contributed by atoms with van der Waals surface area (Å²) in [6.45, 7) is 5.24. The summed E-state index contributed by atoms with van der Waals surface area (Å²) in [7, 11) is 0. The molecule has 1 N–H and O–H groups in total. The molecule has 0 bridgehead atoms. The minimum Gasteiger partial charge on any atom is -0.462 e. The zero-order valence-electron chi connectivity index (χ0n) is 16.1. The van der Waals surface area contributed by atoms with E-state index in [1.807, 2.05) is 0 Å². The van der Waals surface area contributed by atoms with Gasteiger partial charge in [-0.25, -0.2) is 23.8 Å². The molecule has 2 aromatic heterocycles. The van der Waals surface area contributed by atoms with Crippen molar-refractivity contribution in [1.82, 2.24) is 9.97 Å². The maximum absolute atomic E-state index is 14.8. The second-order valence-electron chi connectivity index (χ2n) is 5.95. The summed E-state index contributed by atoms with van der Waals surface area (Å²) in [5, 5.41) is 0.441. The smallest absolute Gasteiger partial charge is 0.356 e. The summed E-state index contributed by atoms with van der Waals surface area (Å²) in [6.07, 6.45) is 0. The first kappa shape index (κ1) is 20.2. The number of nitrogens with one attached hydrogen (secondary N) is 1. The van der Waals surface area contributed by atoms with Gasteiger partial charge in [0.05, 0.1) is 30.9 Å². The Morgan fingerprint density at radius 3 is 2.21 bits per heavy atom. The molecule has 0 spiro atoms. The first-order valence-corrected chi connectivity index (χ1v) is 9.08. The number of esters is 3. The van der Waals surface area contributed by atoms with Crippen molar-refractivity contribution in [3.63, 3.8) is 0 Å². The molecule has 29 heavy (non-hydrogen) atoms. The fourth-order valence-electron chi connectivity index (χ4n) is 2.97. The first-order chi connectivity index (χ1) is 13.9. The SMILES string of the molecule is CCOC(=O)c1cc(C(=O)OCC)c2c(n1)c(F)cc1cc(C(=O)OCC)[nH]c12. The summed E-state index contributed by atoms with van der Waals surface area (Å²) in [5.74, 6) is -2.94. The summed E-state index contributed by atoms with van der Waals surface area (Å²) >= 11 is 0. The molecule has 2 heterocycles. The van der Waals surface area contributed by atoms with Crippen LogP contribution >= 0.6 is 0 Å². The highest BCUT2D eigenvalue weighted by atomic mass is 19.1. The second-order valence-corrected chi connectivity index (χ2v) is 5.95. The van der Waals surface area contributed by atoms with Crippen LogP contribution in [0, 0.1) is 5.82 Å². The van der Waals surface area contributed by atoms with E-state index in [1.54, 1.807) is 20.8 Å². The number of halogens is 1. The molecule has 0 saturated carbocycles. The molecular formula is C20H19FN2O6. The molecule has 1 aromatic carbocycles. The number of ether oxygens (including phenoxy) is 3. The Kier molecular flexibility index (Phi) is 5.76. The van der Waals surface area contributed by atoms with E-state index in [9.17, 15) is 18.8 Å². The van der Waals surface area contributed by atoms with E-state index in [-0.39, 0.29) is 47.7 Å². The monoisotopic (exact) mass is 402 g/mol. The molecule has 8 nitrogen and oxygen atoms in total. The van der Waals surface area contributed by atoms with Gasteiger partial charge in [-0.2, -0.15) is 0 Å². The number of aromatic amines is 1. The number of carbonyl (C=O) groups excluding carboxylic acids is 3. The Balaban J connectivity index is 2.34. The summed E-state index contributed by atoms with van der Waals surface area (Å²) < 4.78 is 29.8. The van der Waals surface area contributed by atoms with Gasteiger partial charge in [0.2, 0.25) is 0 Å². The van der Waals surface area contributed by atoms with Gasteiger partial charge < -0.3 is 19.2 Å². The van der Waals surface area contributed by atoms with E-state index in [2.05, 4.69) is 9.97 Å². The number of benzene rings is 1. The van der Waals surface area contributed by atoms with Gasteiger partial charge in [-0.1, -0.05) is 0 Å². The minimum absolute atomic E-state index is 0.0679. The van der Waals surface area contributed by atoms with Crippen molar-refractivity contribution in [2.45, 2.75) is 20.8 Å². The number of aromatic nitrogens is 2. The average Bonchev–Trinajstić information content (AvgIpc) is 3.12. The van der Waals surface area contributed by atoms with E-state index >= 15 is 0 Å². The molecule has 0 aliphatic carbocycles. The van der Waals surface area contributed by atoms with Crippen LogP contribution in [0.3, 0.4) is 0 Å². The van der Waals surface area contributed by atoms with Crippen molar-refractivity contribution >= 4 is 39.7 Å². The zero-order chi connectivity index (χ0) is 21.1. The van der Waals surface area contributed by atoms with Crippen molar-refractivity contribution in [3.8, 4) is 0 Å². The molecule has 9 heteroatoms. The van der Waals surface area contributed by atoms with Crippen molar-refractivity contribution in [3.05, 3.63) is 41.0 Å². The lowest BCUT2D eigenvalue weighted by Gasteiger charge is -2.10. The van der Waals surface area contributed by atoms with Gasteiger partial charge in [-0.3, -0.25) is 0 Å². The number of fused-ring (bicyclic) bond motifs is 3. The average molecular weight is 402 g/mol. The van der Waals surface area contributed by atoms with Crippen molar-refractivity contribution < 1.29 is 33.0 Å². The fraction of sp³-hybridized carbons (Fsp3) is 0.300. The van der Waals surface area contributed by atoms with Gasteiger partial charge in [0, 0.05) is 10.8 Å². The predicted molar refractivity (Wildman–Crippen MR) is 101 cm³/mol. The van der Waals surface area contributed by atoms with Gasteiger partial charge >= 0.3 is 17.9 Å². The lowest BCUT2D eigenvalue weighted by molar-refractivity contribution is 0.0508. The molecule has 0 unspecified atom stereocenters. The minimum atomic E-state index is -0.793. The van der Waals surface area contributed by atoms with Crippen LogP contribution in [0.1, 0.15) is 52.1 Å². The highest BCUT2D eigenvalue weighted by molar-refractivity contribution is 6.16. The summed E-state index contributed by atoms with van der Waals surface area (Å²) in [4.78, 5) is 43.6. The van der Waals surface area contributed by atoms with E-state index in [0.717, 1.165) is 6.07 Å². The third-order valence-electron chi connectivity index (χ3n) is 4.10. The molecule has 0 atom stereocenters.